The minimum Gasteiger partial charge on any atom is -0.355 e. The van der Waals surface area contributed by atoms with Crippen molar-refractivity contribution < 1.29 is 18.0 Å². The van der Waals surface area contributed by atoms with Gasteiger partial charge in [-0.1, -0.05) is 13.3 Å². The summed E-state index contributed by atoms with van der Waals surface area (Å²) in [5, 5.41) is 3.17. The summed E-state index contributed by atoms with van der Waals surface area (Å²) < 4.78 is 40.6. The van der Waals surface area contributed by atoms with Crippen LogP contribution < -0.4 is 10.9 Å². The molecular formula is C18H19F3N4O2S. The zero-order valence-electron chi connectivity index (χ0n) is 15.6. The predicted octanol–water partition coefficient (Wildman–Crippen LogP) is 3.56. The Morgan fingerprint density at radius 1 is 1.29 bits per heavy atom. The Kier molecular flexibility index (Phi) is 5.42. The first-order valence-electron chi connectivity index (χ1n) is 8.78. The van der Waals surface area contributed by atoms with E-state index in [0.717, 1.165) is 30.2 Å². The lowest BCUT2D eigenvalue weighted by molar-refractivity contribution is -0.141. The van der Waals surface area contributed by atoms with E-state index in [9.17, 15) is 22.8 Å². The SMILES string of the molecule is CCCCNC(=O)Cn1c(C)nc2c(sc3nc(C(F)(F)F)cc(C)c32)c1=O. The van der Waals surface area contributed by atoms with E-state index in [1.165, 1.54) is 11.5 Å². The van der Waals surface area contributed by atoms with Crippen LogP contribution in [0.3, 0.4) is 0 Å². The van der Waals surface area contributed by atoms with Crippen molar-refractivity contribution in [1.29, 1.82) is 0 Å². The highest BCUT2D eigenvalue weighted by Gasteiger charge is 2.33. The zero-order chi connectivity index (χ0) is 20.6. The molecule has 1 N–H and O–H groups in total. The number of hydrogen-bond donors (Lipinski definition) is 1. The van der Waals surface area contributed by atoms with Crippen LogP contribution in [0.4, 0.5) is 13.2 Å². The Hall–Kier alpha value is -2.49. The van der Waals surface area contributed by atoms with Gasteiger partial charge in [0.1, 0.15) is 27.6 Å². The van der Waals surface area contributed by atoms with E-state index < -0.39 is 17.4 Å². The minimum absolute atomic E-state index is 0.108. The van der Waals surface area contributed by atoms with Gasteiger partial charge in [-0.25, -0.2) is 9.97 Å². The number of nitrogens with zero attached hydrogens (tertiary/aromatic N) is 3. The molecule has 0 radical (unpaired) electrons. The number of aromatic nitrogens is 3. The second-order valence-electron chi connectivity index (χ2n) is 6.54. The number of pyridine rings is 1. The number of aryl methyl sites for hydroxylation is 2. The van der Waals surface area contributed by atoms with Crippen LogP contribution >= 0.6 is 11.3 Å². The largest absolute Gasteiger partial charge is 0.433 e. The van der Waals surface area contributed by atoms with Crippen molar-refractivity contribution in [3.8, 4) is 0 Å². The number of halogens is 3. The molecule has 0 saturated carbocycles. The fourth-order valence-corrected chi connectivity index (χ4v) is 4.08. The van der Waals surface area contributed by atoms with Gasteiger partial charge >= 0.3 is 6.18 Å². The standard InChI is InChI=1S/C18H19F3N4O2S/c1-4-5-6-22-12(26)8-25-10(3)23-14-13-9(2)7-11(18(19,20)21)24-16(13)28-15(14)17(25)27/h7H,4-6,8H2,1-3H3,(H,22,26). The van der Waals surface area contributed by atoms with E-state index >= 15 is 0 Å². The molecule has 0 aromatic carbocycles. The Bertz CT molecular complexity index is 1120. The molecule has 10 heteroatoms. The second kappa shape index (κ2) is 7.50. The van der Waals surface area contributed by atoms with Crippen molar-refractivity contribution in [2.45, 2.75) is 46.3 Å². The van der Waals surface area contributed by atoms with Crippen LogP contribution in [-0.4, -0.2) is 27.0 Å². The lowest BCUT2D eigenvalue weighted by Gasteiger charge is -2.10. The number of carbonyl (C=O) groups excluding carboxylic acids is 1. The maximum atomic E-state index is 13.0. The molecule has 3 aromatic rings. The van der Waals surface area contributed by atoms with Gasteiger partial charge < -0.3 is 5.32 Å². The summed E-state index contributed by atoms with van der Waals surface area (Å²) in [4.78, 5) is 33.1. The topological polar surface area (TPSA) is 76.9 Å². The van der Waals surface area contributed by atoms with Crippen molar-refractivity contribution in [3.63, 3.8) is 0 Å². The molecule has 0 spiro atoms. The molecule has 0 saturated heterocycles. The molecular weight excluding hydrogens is 393 g/mol. The number of carbonyl (C=O) groups is 1. The van der Waals surface area contributed by atoms with Gasteiger partial charge in [0.25, 0.3) is 5.56 Å². The van der Waals surface area contributed by atoms with Gasteiger partial charge in [-0.15, -0.1) is 11.3 Å². The average Bonchev–Trinajstić information content (AvgIpc) is 2.97. The third-order valence-corrected chi connectivity index (χ3v) is 5.44. The monoisotopic (exact) mass is 412 g/mol. The van der Waals surface area contributed by atoms with Gasteiger partial charge in [0.2, 0.25) is 5.91 Å². The first kappa shape index (κ1) is 20.2. The van der Waals surface area contributed by atoms with Crippen molar-refractivity contribution in [3.05, 3.63) is 33.5 Å². The van der Waals surface area contributed by atoms with Gasteiger partial charge in [-0.2, -0.15) is 13.2 Å². The van der Waals surface area contributed by atoms with Gasteiger partial charge in [-0.3, -0.25) is 14.2 Å². The molecule has 0 aliphatic rings. The van der Waals surface area contributed by atoms with Crippen molar-refractivity contribution in [2.75, 3.05) is 6.54 Å². The number of thiophene rings is 1. The Labute approximate surface area is 162 Å². The third-order valence-electron chi connectivity index (χ3n) is 4.38. The van der Waals surface area contributed by atoms with Crippen molar-refractivity contribution in [2.24, 2.45) is 0 Å². The molecule has 6 nitrogen and oxygen atoms in total. The van der Waals surface area contributed by atoms with E-state index in [2.05, 4.69) is 15.3 Å². The number of amides is 1. The lowest BCUT2D eigenvalue weighted by atomic mass is 10.1. The molecule has 150 valence electrons. The molecule has 3 heterocycles. The number of fused-ring (bicyclic) bond motifs is 3. The van der Waals surface area contributed by atoms with Gasteiger partial charge in [0, 0.05) is 11.9 Å². The quantitative estimate of drug-likeness (QED) is 0.650. The average molecular weight is 412 g/mol. The lowest BCUT2D eigenvalue weighted by Crippen LogP contribution is -2.34. The summed E-state index contributed by atoms with van der Waals surface area (Å²) in [6.45, 7) is 5.46. The maximum Gasteiger partial charge on any atom is 0.433 e. The van der Waals surface area contributed by atoms with Crippen LogP contribution in [0.5, 0.6) is 0 Å². The van der Waals surface area contributed by atoms with Crippen molar-refractivity contribution in [1.82, 2.24) is 19.9 Å². The van der Waals surface area contributed by atoms with E-state index in [4.69, 9.17) is 0 Å². The number of alkyl halides is 3. The molecule has 0 aliphatic carbocycles. The molecule has 3 rings (SSSR count). The third kappa shape index (κ3) is 3.73. The van der Waals surface area contributed by atoms with E-state index in [1.807, 2.05) is 6.92 Å². The molecule has 28 heavy (non-hydrogen) atoms. The highest BCUT2D eigenvalue weighted by Crippen LogP contribution is 2.36. The van der Waals surface area contributed by atoms with Crippen LogP contribution in [0.25, 0.3) is 20.4 Å². The smallest absolute Gasteiger partial charge is 0.355 e. The Morgan fingerprint density at radius 2 is 2.00 bits per heavy atom. The van der Waals surface area contributed by atoms with Crippen LogP contribution in [-0.2, 0) is 17.5 Å². The molecule has 0 atom stereocenters. The zero-order valence-corrected chi connectivity index (χ0v) is 16.4. The number of unbranched alkanes of at least 4 members (excludes halogenated alkanes) is 1. The first-order valence-corrected chi connectivity index (χ1v) is 9.60. The van der Waals surface area contributed by atoms with Crippen LogP contribution in [0.1, 0.15) is 36.8 Å². The van der Waals surface area contributed by atoms with Crippen LogP contribution in [0, 0.1) is 13.8 Å². The predicted molar refractivity (Wildman–Crippen MR) is 102 cm³/mol. The number of hydrogen-bond acceptors (Lipinski definition) is 5. The summed E-state index contributed by atoms with van der Waals surface area (Å²) in [6.07, 6.45) is -2.81. The highest BCUT2D eigenvalue weighted by atomic mass is 32.1. The summed E-state index contributed by atoms with van der Waals surface area (Å²) in [7, 11) is 0. The van der Waals surface area contributed by atoms with E-state index in [1.54, 1.807) is 6.92 Å². The number of rotatable bonds is 5. The minimum atomic E-state index is -4.57. The van der Waals surface area contributed by atoms with Crippen molar-refractivity contribution >= 4 is 37.7 Å². The molecule has 0 aliphatic heterocycles. The Morgan fingerprint density at radius 3 is 2.64 bits per heavy atom. The normalized spacial score (nSPS) is 12.1. The molecule has 0 fully saturated rings. The van der Waals surface area contributed by atoms with Gasteiger partial charge in [-0.05, 0) is 31.9 Å². The summed E-state index contributed by atoms with van der Waals surface area (Å²) >= 11 is 0.866. The molecule has 0 bridgehead atoms. The van der Waals surface area contributed by atoms with Crippen LogP contribution in [0.2, 0.25) is 0 Å². The first-order chi connectivity index (χ1) is 13.1. The van der Waals surface area contributed by atoms with Gasteiger partial charge in [0.05, 0.1) is 5.52 Å². The Balaban J connectivity index is 2.10. The summed E-state index contributed by atoms with van der Waals surface area (Å²) in [6, 6.07) is 0.957. The molecule has 0 unspecified atom stereocenters. The summed E-state index contributed by atoms with van der Waals surface area (Å²) in [5.41, 5.74) is -0.783. The fraction of sp³-hybridized carbons (Fsp3) is 0.444. The maximum absolute atomic E-state index is 13.0. The van der Waals surface area contributed by atoms with E-state index in [0.29, 0.717) is 28.8 Å². The van der Waals surface area contributed by atoms with E-state index in [-0.39, 0.29) is 22.0 Å². The fourth-order valence-electron chi connectivity index (χ4n) is 2.94. The molecule has 3 aromatic heterocycles. The summed E-state index contributed by atoms with van der Waals surface area (Å²) in [5.74, 6) is 0.0108. The van der Waals surface area contributed by atoms with Crippen LogP contribution in [0.15, 0.2) is 10.9 Å². The highest BCUT2D eigenvalue weighted by molar-refractivity contribution is 7.25. The van der Waals surface area contributed by atoms with Gasteiger partial charge in [0.15, 0.2) is 0 Å². The number of nitrogens with one attached hydrogen (secondary N) is 1. The molecule has 1 amide bonds. The second-order valence-corrected chi connectivity index (χ2v) is 7.53.